The summed E-state index contributed by atoms with van der Waals surface area (Å²) in [6, 6.07) is 7.22. The molecule has 0 radical (unpaired) electrons. The van der Waals surface area contributed by atoms with Gasteiger partial charge in [-0.15, -0.1) is 0 Å². The zero-order valence-electron chi connectivity index (χ0n) is 20.1. The van der Waals surface area contributed by atoms with Crippen molar-refractivity contribution in [3.05, 3.63) is 47.2 Å². The van der Waals surface area contributed by atoms with Gasteiger partial charge in [0.05, 0.1) is 0 Å². The van der Waals surface area contributed by atoms with Crippen LogP contribution in [0.2, 0.25) is 0 Å². The normalized spacial score (nSPS) is 35.4. The molecule has 3 unspecified atom stereocenters. The highest BCUT2D eigenvalue weighted by atomic mass is 16.5. The Morgan fingerprint density at radius 2 is 1.88 bits per heavy atom. The van der Waals surface area contributed by atoms with Crippen LogP contribution in [0.15, 0.2) is 30.5 Å². The molecule has 6 nitrogen and oxygen atoms in total. The van der Waals surface area contributed by atoms with E-state index in [0.29, 0.717) is 31.0 Å². The van der Waals surface area contributed by atoms with Crippen molar-refractivity contribution in [3.63, 3.8) is 0 Å². The standard InChI is InChI=1S/C28H37N3O3/c1-17-6-9-26(27(32)29-17)31-14-20-11-18(7-8-24(20)28(31)33)10-19-4-2-3-5-25(19)30-23-12-21-15-34-16-22(21)13-23/h7-8,11,19,21-23,25-26,30H,1-6,9-10,12-16H2,(H,29,32)/t19-,21?,22?,23?,25+,26?/m1/s1. The molecule has 0 spiro atoms. The van der Waals surface area contributed by atoms with Gasteiger partial charge in [-0.2, -0.15) is 0 Å². The van der Waals surface area contributed by atoms with Gasteiger partial charge in [-0.25, -0.2) is 0 Å². The number of piperidine rings is 1. The summed E-state index contributed by atoms with van der Waals surface area (Å²) < 4.78 is 5.67. The van der Waals surface area contributed by atoms with Crippen LogP contribution >= 0.6 is 0 Å². The Balaban J connectivity index is 1.12. The number of benzene rings is 1. The molecule has 5 atom stereocenters. The Bertz CT molecular complexity index is 979. The Labute approximate surface area is 202 Å². The van der Waals surface area contributed by atoms with Crippen molar-refractivity contribution in [2.45, 2.75) is 82.5 Å². The SMILES string of the molecule is C=C1CCC(N2Cc3cc(C[C@H]4CCCC[C@@H]4NC4CC5COCC5C4)ccc3C2=O)C(=O)N1. The third kappa shape index (κ3) is 4.20. The molecule has 182 valence electrons. The van der Waals surface area contributed by atoms with Crippen molar-refractivity contribution in [2.75, 3.05) is 13.2 Å². The first-order valence-electron chi connectivity index (χ1n) is 13.3. The van der Waals surface area contributed by atoms with Crippen LogP contribution in [0, 0.1) is 17.8 Å². The fourth-order valence-corrected chi connectivity index (χ4v) is 7.24. The van der Waals surface area contributed by atoms with Gasteiger partial charge in [0.15, 0.2) is 0 Å². The number of hydrogen-bond acceptors (Lipinski definition) is 4. The molecule has 4 fully saturated rings. The molecule has 2 saturated heterocycles. The van der Waals surface area contributed by atoms with Crippen molar-refractivity contribution in [2.24, 2.45) is 17.8 Å². The van der Waals surface area contributed by atoms with Gasteiger partial charge in [0.2, 0.25) is 5.91 Å². The van der Waals surface area contributed by atoms with Gasteiger partial charge in [-0.3, -0.25) is 9.59 Å². The summed E-state index contributed by atoms with van der Waals surface area (Å²) in [4.78, 5) is 27.3. The Morgan fingerprint density at radius 3 is 2.68 bits per heavy atom. The van der Waals surface area contributed by atoms with Crippen LogP contribution < -0.4 is 10.6 Å². The first-order valence-corrected chi connectivity index (χ1v) is 13.3. The minimum atomic E-state index is -0.392. The summed E-state index contributed by atoms with van der Waals surface area (Å²) in [7, 11) is 0. The number of nitrogens with zero attached hydrogens (tertiary/aromatic N) is 1. The summed E-state index contributed by atoms with van der Waals surface area (Å²) in [5.74, 6) is 2.06. The number of fused-ring (bicyclic) bond motifs is 2. The van der Waals surface area contributed by atoms with Crippen molar-refractivity contribution >= 4 is 11.8 Å². The average molecular weight is 464 g/mol. The number of hydrogen-bond donors (Lipinski definition) is 2. The van der Waals surface area contributed by atoms with Gasteiger partial charge in [-0.1, -0.05) is 31.6 Å². The second-order valence-electron chi connectivity index (χ2n) is 11.3. The zero-order valence-corrected chi connectivity index (χ0v) is 20.1. The lowest BCUT2D eigenvalue weighted by Gasteiger charge is -2.35. The van der Waals surface area contributed by atoms with E-state index in [2.05, 4.69) is 29.3 Å². The highest BCUT2D eigenvalue weighted by Gasteiger charge is 2.40. The monoisotopic (exact) mass is 463 g/mol. The van der Waals surface area contributed by atoms with Crippen LogP contribution in [-0.4, -0.2) is 48.1 Å². The van der Waals surface area contributed by atoms with Gasteiger partial charge in [0.25, 0.3) is 5.91 Å². The molecule has 1 aromatic carbocycles. The second kappa shape index (κ2) is 9.12. The smallest absolute Gasteiger partial charge is 0.255 e. The second-order valence-corrected chi connectivity index (χ2v) is 11.3. The quantitative estimate of drug-likeness (QED) is 0.701. The fraction of sp³-hybridized carbons (Fsp3) is 0.643. The predicted molar refractivity (Wildman–Crippen MR) is 130 cm³/mol. The van der Waals surface area contributed by atoms with E-state index in [9.17, 15) is 9.59 Å². The number of allylic oxidation sites excluding steroid dienone is 1. The topological polar surface area (TPSA) is 70.7 Å². The average Bonchev–Trinajstić information content (AvgIpc) is 3.49. The van der Waals surface area contributed by atoms with E-state index in [1.807, 2.05) is 6.07 Å². The molecular weight excluding hydrogens is 426 g/mol. The van der Waals surface area contributed by atoms with Gasteiger partial charge < -0.3 is 20.3 Å². The maximum atomic E-state index is 13.1. The van der Waals surface area contributed by atoms with Gasteiger partial charge in [-0.05, 0) is 79.9 Å². The molecule has 0 aromatic heterocycles. The van der Waals surface area contributed by atoms with E-state index in [1.54, 1.807) is 4.90 Å². The highest BCUT2D eigenvalue weighted by Crippen LogP contribution is 2.38. The number of carbonyl (C=O) groups is 2. The molecule has 34 heavy (non-hydrogen) atoms. The maximum Gasteiger partial charge on any atom is 0.255 e. The van der Waals surface area contributed by atoms with Crippen LogP contribution in [0.1, 0.15) is 72.9 Å². The lowest BCUT2D eigenvalue weighted by molar-refractivity contribution is -0.126. The lowest BCUT2D eigenvalue weighted by Crippen LogP contribution is -2.49. The van der Waals surface area contributed by atoms with Gasteiger partial charge >= 0.3 is 0 Å². The summed E-state index contributed by atoms with van der Waals surface area (Å²) in [5.41, 5.74) is 3.91. The van der Waals surface area contributed by atoms with Crippen molar-refractivity contribution in [1.82, 2.24) is 15.5 Å². The molecule has 6 rings (SSSR count). The molecule has 1 aromatic rings. The molecule has 2 saturated carbocycles. The minimum Gasteiger partial charge on any atom is -0.381 e. The maximum absolute atomic E-state index is 13.1. The fourth-order valence-electron chi connectivity index (χ4n) is 7.24. The first-order chi connectivity index (χ1) is 16.5. The highest BCUT2D eigenvalue weighted by molar-refractivity contribution is 6.01. The lowest BCUT2D eigenvalue weighted by atomic mass is 9.80. The molecule has 2 aliphatic carbocycles. The van der Waals surface area contributed by atoms with E-state index in [-0.39, 0.29) is 11.8 Å². The predicted octanol–water partition coefficient (Wildman–Crippen LogP) is 3.55. The minimum absolute atomic E-state index is 0.0119. The summed E-state index contributed by atoms with van der Waals surface area (Å²) in [6.45, 7) is 6.31. The number of ether oxygens (including phenoxy) is 1. The Morgan fingerprint density at radius 1 is 1.09 bits per heavy atom. The summed E-state index contributed by atoms with van der Waals surface area (Å²) in [5, 5.41) is 6.89. The largest absolute Gasteiger partial charge is 0.381 e. The Hall–Kier alpha value is -2.18. The van der Waals surface area contributed by atoms with Crippen LogP contribution in [-0.2, 0) is 22.5 Å². The molecule has 3 heterocycles. The van der Waals surface area contributed by atoms with Crippen molar-refractivity contribution in [3.8, 4) is 0 Å². The number of carbonyl (C=O) groups excluding carboxylic acids is 2. The van der Waals surface area contributed by atoms with E-state index < -0.39 is 6.04 Å². The Kier molecular flexibility index (Phi) is 5.98. The molecule has 2 amide bonds. The first kappa shape index (κ1) is 22.3. The number of nitrogens with one attached hydrogen (secondary N) is 2. The van der Waals surface area contributed by atoms with E-state index >= 15 is 0 Å². The summed E-state index contributed by atoms with van der Waals surface area (Å²) >= 11 is 0. The third-order valence-electron chi connectivity index (χ3n) is 9.06. The van der Waals surface area contributed by atoms with Crippen LogP contribution in [0.4, 0.5) is 0 Å². The number of amides is 2. The third-order valence-corrected chi connectivity index (χ3v) is 9.06. The van der Waals surface area contributed by atoms with E-state index in [1.165, 1.54) is 44.1 Å². The van der Waals surface area contributed by atoms with E-state index in [4.69, 9.17) is 4.74 Å². The van der Waals surface area contributed by atoms with E-state index in [0.717, 1.165) is 54.7 Å². The summed E-state index contributed by atoms with van der Waals surface area (Å²) in [6.07, 6.45) is 10.2. The zero-order chi connectivity index (χ0) is 23.2. The van der Waals surface area contributed by atoms with Crippen LogP contribution in [0.3, 0.4) is 0 Å². The van der Waals surface area contributed by atoms with Gasteiger partial charge in [0, 0.05) is 43.1 Å². The molecule has 5 aliphatic rings. The molecule has 3 aliphatic heterocycles. The molecule has 6 heteroatoms. The molecule has 2 N–H and O–H groups in total. The van der Waals surface area contributed by atoms with Crippen molar-refractivity contribution in [1.29, 1.82) is 0 Å². The van der Waals surface area contributed by atoms with Crippen LogP contribution in [0.25, 0.3) is 0 Å². The molecule has 0 bridgehead atoms. The van der Waals surface area contributed by atoms with Crippen LogP contribution in [0.5, 0.6) is 0 Å². The number of rotatable bonds is 5. The van der Waals surface area contributed by atoms with Gasteiger partial charge in [0.1, 0.15) is 6.04 Å². The molecular formula is C28H37N3O3. The van der Waals surface area contributed by atoms with Crippen molar-refractivity contribution < 1.29 is 14.3 Å².